The van der Waals surface area contributed by atoms with E-state index in [1.165, 1.54) is 0 Å². The Morgan fingerprint density at radius 3 is 1.93 bits per heavy atom. The molecule has 1 fully saturated rings. The van der Waals surface area contributed by atoms with Gasteiger partial charge in [0.1, 0.15) is 5.36 Å². The highest BCUT2D eigenvalue weighted by molar-refractivity contribution is 7.80. The van der Waals surface area contributed by atoms with E-state index in [0.29, 0.717) is 5.11 Å². The number of carbonyl (C=O) groups is 2. The molecule has 0 spiro atoms. The molecular weight excluding hydrogens is 408 g/mol. The summed E-state index contributed by atoms with van der Waals surface area (Å²) in [7, 11) is 2.14. The van der Waals surface area contributed by atoms with Crippen LogP contribution in [0.5, 0.6) is 0 Å². The van der Waals surface area contributed by atoms with E-state index in [-0.39, 0.29) is 0 Å². The second-order valence-corrected chi connectivity index (χ2v) is 7.29. The van der Waals surface area contributed by atoms with Crippen LogP contribution < -0.4 is 21.5 Å². The largest absolute Gasteiger partial charge is 0.473 e. The lowest BCUT2D eigenvalue weighted by Crippen LogP contribution is -2.50. The van der Waals surface area contributed by atoms with Gasteiger partial charge in [-0.15, -0.1) is 0 Å². The molecule has 0 amide bonds. The highest BCUT2D eigenvalue weighted by atomic mass is 32.1. The quantitative estimate of drug-likeness (QED) is 0.267. The summed E-state index contributed by atoms with van der Waals surface area (Å²) in [4.78, 5) is 22.7. The van der Waals surface area contributed by atoms with Gasteiger partial charge in [-0.25, -0.2) is 9.59 Å². The molecule has 4 heterocycles. The van der Waals surface area contributed by atoms with E-state index in [0.717, 1.165) is 55.3 Å². The van der Waals surface area contributed by atoms with Gasteiger partial charge in [-0.3, -0.25) is 14.8 Å². The molecule has 0 aromatic carbocycles. The topological polar surface area (TPSA) is 115 Å². The molecule has 160 valence electrons. The van der Waals surface area contributed by atoms with Crippen LogP contribution in [0.3, 0.4) is 0 Å². The number of nitrogens with one attached hydrogen (secondary N) is 1. The minimum Gasteiger partial charge on any atom is -0.473 e. The second kappa shape index (κ2) is 9.55. The first-order chi connectivity index (χ1) is 14.4. The molecule has 0 atom stereocenters. The van der Waals surface area contributed by atoms with Crippen LogP contribution in [0.25, 0.3) is 12.2 Å². The smallest absolute Gasteiger partial charge is 0.414 e. The molecule has 3 aliphatic rings. The van der Waals surface area contributed by atoms with Crippen LogP contribution in [0.4, 0.5) is 0 Å². The van der Waals surface area contributed by atoms with Crippen LogP contribution in [0, 0.1) is 0 Å². The zero-order valence-electron chi connectivity index (χ0n) is 16.6. The Kier molecular flexibility index (Phi) is 6.85. The average molecular weight is 433 g/mol. The van der Waals surface area contributed by atoms with Gasteiger partial charge in [-0.05, 0) is 31.4 Å². The van der Waals surface area contributed by atoms with Crippen LogP contribution in [-0.4, -0.2) is 79.7 Å². The summed E-state index contributed by atoms with van der Waals surface area (Å²) < 4.78 is 4.52. The van der Waals surface area contributed by atoms with Gasteiger partial charge >= 0.3 is 11.9 Å². The van der Waals surface area contributed by atoms with Gasteiger partial charge < -0.3 is 20.0 Å². The van der Waals surface area contributed by atoms with E-state index >= 15 is 0 Å². The van der Waals surface area contributed by atoms with Crippen molar-refractivity contribution in [2.24, 2.45) is 5.10 Å². The van der Waals surface area contributed by atoms with Gasteiger partial charge in [0.2, 0.25) is 0 Å². The summed E-state index contributed by atoms with van der Waals surface area (Å²) in [5.74, 6) is -3.65. The van der Waals surface area contributed by atoms with Crippen LogP contribution in [0.15, 0.2) is 29.4 Å². The Bertz CT molecular complexity index is 1020. The molecule has 3 N–H and O–H groups in total. The normalized spacial score (nSPS) is 16.8. The number of likely N-dealkylation sites (N-methyl/N-ethyl adjacent to an activating group) is 1. The van der Waals surface area contributed by atoms with E-state index in [4.69, 9.17) is 32.0 Å². The summed E-state index contributed by atoms with van der Waals surface area (Å²) in [5, 5.41) is 23.4. The molecule has 4 rings (SSSR count). The molecule has 0 saturated carbocycles. The third-order valence-corrected chi connectivity index (χ3v) is 5.26. The number of hydrogen-bond donors (Lipinski definition) is 3. The fourth-order valence-electron chi connectivity index (χ4n) is 3.30. The Labute approximate surface area is 178 Å². The standard InChI is InChI=1S/C17H22N6S.C2H2O4/c1-20-10-12-21(13-11-20)17(24)19-18-16-14-6-2-4-8-22(14)23-9-5-3-7-15(16)23;3-1(4)2(5)6/h2-7H,8-13H2,1H3,(H,19,24);(H,3,4)(H,5,6). The number of carboxylic acids is 2. The lowest BCUT2D eigenvalue weighted by Gasteiger charge is -2.33. The number of allylic oxidation sites excluding steroid dienone is 4. The van der Waals surface area contributed by atoms with E-state index in [1.807, 2.05) is 0 Å². The molecule has 10 nitrogen and oxygen atoms in total. The zero-order valence-corrected chi connectivity index (χ0v) is 17.4. The fourth-order valence-corrected chi connectivity index (χ4v) is 3.53. The van der Waals surface area contributed by atoms with Gasteiger partial charge in [0.15, 0.2) is 5.11 Å². The highest BCUT2D eigenvalue weighted by Crippen LogP contribution is 1.99. The first-order valence-electron chi connectivity index (χ1n) is 9.45. The van der Waals surface area contributed by atoms with Crippen molar-refractivity contribution in [2.75, 3.05) is 33.2 Å². The van der Waals surface area contributed by atoms with Crippen LogP contribution in [0.1, 0.15) is 0 Å². The summed E-state index contributed by atoms with van der Waals surface area (Å²) in [6.07, 6.45) is 12.7. The number of nitrogens with zero attached hydrogens (tertiary/aromatic N) is 5. The molecule has 30 heavy (non-hydrogen) atoms. The van der Waals surface area contributed by atoms with Gasteiger partial charge in [-0.2, -0.15) is 5.10 Å². The number of fused-ring (bicyclic) bond motifs is 3. The SMILES string of the molecule is CN1CCN(C(=S)NN=c2c3n(n4c2=CC=CC4)CC=CC=3)CC1.O=C(O)C(=O)O. The third kappa shape index (κ3) is 4.86. The van der Waals surface area contributed by atoms with Gasteiger partial charge in [0, 0.05) is 26.2 Å². The minimum absolute atomic E-state index is 0.708. The monoisotopic (exact) mass is 432 g/mol. The van der Waals surface area contributed by atoms with Crippen LogP contribution in [-0.2, 0) is 22.7 Å². The summed E-state index contributed by atoms with van der Waals surface area (Å²) in [5.41, 5.74) is 3.12. The van der Waals surface area contributed by atoms with E-state index in [2.05, 4.69) is 73.2 Å². The fraction of sp³-hybridized carbons (Fsp3) is 0.368. The van der Waals surface area contributed by atoms with Gasteiger partial charge in [-0.1, -0.05) is 24.3 Å². The number of rotatable bonds is 1. The molecule has 0 radical (unpaired) electrons. The number of thiocarbonyl (C=S) groups is 1. The molecule has 11 heteroatoms. The van der Waals surface area contributed by atoms with Crippen molar-refractivity contribution < 1.29 is 19.8 Å². The Morgan fingerprint density at radius 2 is 1.47 bits per heavy atom. The molecule has 0 aliphatic carbocycles. The molecular formula is C19H24N6O4S. The van der Waals surface area contributed by atoms with Crippen molar-refractivity contribution in [2.45, 2.75) is 13.1 Å². The van der Waals surface area contributed by atoms with Crippen molar-refractivity contribution in [3.8, 4) is 0 Å². The van der Waals surface area contributed by atoms with Crippen molar-refractivity contribution >= 4 is 41.4 Å². The van der Waals surface area contributed by atoms with Gasteiger partial charge in [0.05, 0.1) is 23.8 Å². The van der Waals surface area contributed by atoms with Gasteiger partial charge in [0.25, 0.3) is 0 Å². The maximum absolute atomic E-state index is 9.10. The average Bonchev–Trinajstić information content (AvgIpc) is 3.07. The summed E-state index contributed by atoms with van der Waals surface area (Å²) in [6, 6.07) is 0. The molecule has 3 aliphatic heterocycles. The second-order valence-electron chi connectivity index (χ2n) is 6.90. The lowest BCUT2D eigenvalue weighted by atomic mass is 10.3. The molecule has 0 unspecified atom stereocenters. The molecule has 0 bridgehead atoms. The predicted octanol–water partition coefficient (Wildman–Crippen LogP) is -1.92. The van der Waals surface area contributed by atoms with E-state index in [9.17, 15) is 0 Å². The predicted molar refractivity (Wildman–Crippen MR) is 115 cm³/mol. The van der Waals surface area contributed by atoms with Crippen LogP contribution in [0.2, 0.25) is 0 Å². The Balaban J connectivity index is 0.000000377. The maximum atomic E-state index is 9.10. The number of hydrogen-bond acceptors (Lipinski definition) is 5. The first kappa shape index (κ1) is 21.5. The van der Waals surface area contributed by atoms with Crippen LogP contribution >= 0.6 is 12.2 Å². The maximum Gasteiger partial charge on any atom is 0.414 e. The molecule has 1 aromatic heterocycles. The van der Waals surface area contributed by atoms with Crippen molar-refractivity contribution in [1.29, 1.82) is 0 Å². The number of carboxylic acid groups (broad SMARTS) is 2. The zero-order chi connectivity index (χ0) is 21.7. The lowest BCUT2D eigenvalue weighted by molar-refractivity contribution is -0.159. The summed E-state index contributed by atoms with van der Waals surface area (Å²) >= 11 is 5.54. The number of aliphatic carboxylic acids is 2. The molecule has 1 saturated heterocycles. The number of piperazine rings is 1. The third-order valence-electron chi connectivity index (χ3n) is 4.91. The van der Waals surface area contributed by atoms with E-state index < -0.39 is 11.9 Å². The Hall–Kier alpha value is -3.18. The molecule has 1 aromatic rings. The summed E-state index contributed by atoms with van der Waals surface area (Å²) in [6.45, 7) is 5.71. The number of aromatic nitrogens is 2. The van der Waals surface area contributed by atoms with E-state index in [1.54, 1.807) is 0 Å². The first-order valence-corrected chi connectivity index (χ1v) is 9.86. The highest BCUT2D eigenvalue weighted by Gasteiger charge is 2.16. The van der Waals surface area contributed by atoms with Crippen molar-refractivity contribution in [1.82, 2.24) is 24.6 Å². The Morgan fingerprint density at radius 1 is 0.967 bits per heavy atom. The van der Waals surface area contributed by atoms with Crippen molar-refractivity contribution in [3.63, 3.8) is 0 Å². The van der Waals surface area contributed by atoms with Crippen molar-refractivity contribution in [3.05, 3.63) is 40.4 Å². The minimum atomic E-state index is -1.82.